The molecule has 1 atom stereocenters. The Balaban J connectivity index is 1.80. The van der Waals surface area contributed by atoms with Crippen molar-refractivity contribution in [2.75, 3.05) is 13.1 Å². The molecule has 1 saturated heterocycles. The van der Waals surface area contributed by atoms with Crippen LogP contribution >= 0.6 is 0 Å². The van der Waals surface area contributed by atoms with Crippen LogP contribution in [0.4, 0.5) is 4.39 Å². The van der Waals surface area contributed by atoms with Crippen molar-refractivity contribution in [2.45, 2.75) is 52.6 Å². The maximum atomic E-state index is 13.1. The van der Waals surface area contributed by atoms with Crippen LogP contribution in [0.2, 0.25) is 0 Å². The first-order valence-corrected chi connectivity index (χ1v) is 9.13. The summed E-state index contributed by atoms with van der Waals surface area (Å²) in [7, 11) is 0. The fourth-order valence-corrected chi connectivity index (χ4v) is 3.51. The van der Waals surface area contributed by atoms with E-state index >= 15 is 0 Å². The molecule has 2 aliphatic rings. The van der Waals surface area contributed by atoms with E-state index in [1.807, 2.05) is 16.7 Å². The summed E-state index contributed by atoms with van der Waals surface area (Å²) in [6.45, 7) is 7.73. The van der Waals surface area contributed by atoms with Crippen molar-refractivity contribution in [1.82, 2.24) is 9.80 Å². The Morgan fingerprint density at radius 3 is 2.48 bits per heavy atom. The third kappa shape index (κ3) is 3.86. The topological polar surface area (TPSA) is 40.6 Å². The van der Waals surface area contributed by atoms with Gasteiger partial charge in [0, 0.05) is 31.5 Å². The van der Waals surface area contributed by atoms with Gasteiger partial charge in [-0.2, -0.15) is 0 Å². The Morgan fingerprint density at radius 2 is 1.92 bits per heavy atom. The first-order chi connectivity index (χ1) is 11.8. The van der Waals surface area contributed by atoms with Crippen LogP contribution in [0.3, 0.4) is 0 Å². The SMILES string of the molecule is CC(C)[C@@H]1CN(C(=O)C2(C)CC2)CCC(=O)N1Cc1ccc(F)cc1. The standard InChI is InChI=1S/C20H27FN2O2/c1-14(2)17-13-22(19(25)20(3)9-10-20)11-8-18(24)23(17)12-15-4-6-16(21)7-5-15/h4-7,14,17H,8-13H2,1-3H3/t17-/m0/s1. The second kappa shape index (κ2) is 6.77. The van der Waals surface area contributed by atoms with Gasteiger partial charge in [-0.1, -0.05) is 32.9 Å². The van der Waals surface area contributed by atoms with Gasteiger partial charge in [-0.15, -0.1) is 0 Å². The molecular weight excluding hydrogens is 319 g/mol. The highest BCUT2D eigenvalue weighted by Crippen LogP contribution is 2.46. The second-order valence-corrected chi connectivity index (χ2v) is 8.02. The van der Waals surface area contributed by atoms with Gasteiger partial charge in [-0.25, -0.2) is 4.39 Å². The lowest BCUT2D eigenvalue weighted by atomic mass is 10.00. The van der Waals surface area contributed by atoms with Crippen molar-refractivity contribution in [3.05, 3.63) is 35.6 Å². The Labute approximate surface area is 149 Å². The van der Waals surface area contributed by atoms with E-state index in [0.717, 1.165) is 18.4 Å². The highest BCUT2D eigenvalue weighted by Gasteiger charge is 2.48. The van der Waals surface area contributed by atoms with Crippen LogP contribution < -0.4 is 0 Å². The highest BCUT2D eigenvalue weighted by atomic mass is 19.1. The molecule has 1 saturated carbocycles. The van der Waals surface area contributed by atoms with Gasteiger partial charge in [-0.05, 0) is 36.5 Å². The summed E-state index contributed by atoms with van der Waals surface area (Å²) in [4.78, 5) is 29.3. The van der Waals surface area contributed by atoms with Crippen molar-refractivity contribution in [3.8, 4) is 0 Å². The van der Waals surface area contributed by atoms with Crippen molar-refractivity contribution >= 4 is 11.8 Å². The van der Waals surface area contributed by atoms with Gasteiger partial charge >= 0.3 is 0 Å². The van der Waals surface area contributed by atoms with Crippen LogP contribution in [0.5, 0.6) is 0 Å². The Morgan fingerprint density at radius 1 is 1.28 bits per heavy atom. The lowest BCUT2D eigenvalue weighted by Gasteiger charge is -2.35. The van der Waals surface area contributed by atoms with Crippen LogP contribution in [-0.2, 0) is 16.1 Å². The van der Waals surface area contributed by atoms with Crippen molar-refractivity contribution in [2.24, 2.45) is 11.3 Å². The predicted molar refractivity (Wildman–Crippen MR) is 94.1 cm³/mol. The minimum Gasteiger partial charge on any atom is -0.340 e. The number of hydrogen-bond acceptors (Lipinski definition) is 2. The quantitative estimate of drug-likeness (QED) is 0.840. The molecule has 1 heterocycles. The summed E-state index contributed by atoms with van der Waals surface area (Å²) in [5.74, 6) is 0.222. The van der Waals surface area contributed by atoms with E-state index < -0.39 is 0 Å². The summed E-state index contributed by atoms with van der Waals surface area (Å²) in [6.07, 6.45) is 2.25. The lowest BCUT2D eigenvalue weighted by Crippen LogP contribution is -2.48. The van der Waals surface area contributed by atoms with Crippen LogP contribution in [0.15, 0.2) is 24.3 Å². The molecule has 0 radical (unpaired) electrons. The van der Waals surface area contributed by atoms with E-state index in [2.05, 4.69) is 13.8 Å². The van der Waals surface area contributed by atoms with Crippen LogP contribution in [0.1, 0.15) is 45.6 Å². The predicted octanol–water partition coefficient (Wildman–Crippen LogP) is 3.21. The Hall–Kier alpha value is -1.91. The molecule has 4 nitrogen and oxygen atoms in total. The lowest BCUT2D eigenvalue weighted by molar-refractivity contribution is -0.137. The van der Waals surface area contributed by atoms with Gasteiger partial charge in [0.15, 0.2) is 0 Å². The summed E-state index contributed by atoms with van der Waals surface area (Å²) < 4.78 is 13.1. The maximum Gasteiger partial charge on any atom is 0.228 e. The molecule has 1 aromatic rings. The molecule has 0 N–H and O–H groups in total. The molecule has 5 heteroatoms. The van der Waals surface area contributed by atoms with E-state index in [1.165, 1.54) is 12.1 Å². The molecule has 3 rings (SSSR count). The van der Waals surface area contributed by atoms with Crippen LogP contribution in [0, 0.1) is 17.2 Å². The van der Waals surface area contributed by atoms with Crippen molar-refractivity contribution in [1.29, 1.82) is 0 Å². The smallest absolute Gasteiger partial charge is 0.228 e. The number of amides is 2. The Bertz CT molecular complexity index is 652. The molecule has 0 unspecified atom stereocenters. The molecule has 1 aromatic carbocycles. The van der Waals surface area contributed by atoms with Gasteiger partial charge in [0.25, 0.3) is 0 Å². The molecule has 0 bridgehead atoms. The van der Waals surface area contributed by atoms with Crippen molar-refractivity contribution in [3.63, 3.8) is 0 Å². The number of nitrogens with zero attached hydrogens (tertiary/aromatic N) is 2. The molecule has 0 spiro atoms. The zero-order valence-electron chi connectivity index (χ0n) is 15.3. The summed E-state index contributed by atoms with van der Waals surface area (Å²) in [6, 6.07) is 6.27. The number of carbonyl (C=O) groups excluding carboxylic acids is 2. The first kappa shape index (κ1) is 17.9. The fraction of sp³-hybridized carbons (Fsp3) is 0.600. The average Bonchev–Trinajstić information content (AvgIpc) is 3.34. The number of benzene rings is 1. The monoisotopic (exact) mass is 346 g/mol. The first-order valence-electron chi connectivity index (χ1n) is 9.13. The minimum atomic E-state index is -0.277. The number of carbonyl (C=O) groups is 2. The summed E-state index contributed by atoms with van der Waals surface area (Å²) in [5.41, 5.74) is 0.700. The average molecular weight is 346 g/mol. The van der Waals surface area contributed by atoms with E-state index in [9.17, 15) is 14.0 Å². The van der Waals surface area contributed by atoms with Gasteiger partial charge in [0.1, 0.15) is 5.82 Å². The van der Waals surface area contributed by atoms with Gasteiger partial charge in [0.2, 0.25) is 11.8 Å². The van der Waals surface area contributed by atoms with Gasteiger partial charge < -0.3 is 9.80 Å². The van der Waals surface area contributed by atoms with E-state index in [-0.39, 0.29) is 35.0 Å². The fourth-order valence-electron chi connectivity index (χ4n) is 3.51. The summed E-state index contributed by atoms with van der Waals surface area (Å²) in [5, 5.41) is 0. The largest absolute Gasteiger partial charge is 0.340 e. The van der Waals surface area contributed by atoms with Gasteiger partial charge in [0.05, 0.1) is 6.04 Å². The molecule has 136 valence electrons. The second-order valence-electron chi connectivity index (χ2n) is 8.02. The number of hydrogen-bond donors (Lipinski definition) is 0. The van der Waals surface area contributed by atoms with E-state index in [4.69, 9.17) is 0 Å². The molecule has 25 heavy (non-hydrogen) atoms. The van der Waals surface area contributed by atoms with Crippen LogP contribution in [-0.4, -0.2) is 40.7 Å². The number of halogens is 1. The van der Waals surface area contributed by atoms with E-state index in [0.29, 0.717) is 26.1 Å². The normalized spacial score (nSPS) is 22.9. The number of rotatable bonds is 4. The maximum absolute atomic E-state index is 13.1. The molecule has 1 aliphatic carbocycles. The molecule has 2 amide bonds. The molecule has 1 aliphatic heterocycles. The van der Waals surface area contributed by atoms with Gasteiger partial charge in [-0.3, -0.25) is 9.59 Å². The summed E-state index contributed by atoms with van der Waals surface area (Å²) >= 11 is 0. The zero-order valence-corrected chi connectivity index (χ0v) is 15.3. The minimum absolute atomic E-state index is 0.0219. The Kier molecular flexibility index (Phi) is 4.85. The van der Waals surface area contributed by atoms with Crippen LogP contribution in [0.25, 0.3) is 0 Å². The zero-order chi connectivity index (χ0) is 18.2. The van der Waals surface area contributed by atoms with E-state index in [1.54, 1.807) is 12.1 Å². The molecular formula is C20H27FN2O2. The van der Waals surface area contributed by atoms with Crippen molar-refractivity contribution < 1.29 is 14.0 Å². The molecule has 0 aromatic heterocycles. The third-order valence-corrected chi connectivity index (χ3v) is 5.56. The molecule has 2 fully saturated rings. The third-order valence-electron chi connectivity index (χ3n) is 5.56. The highest BCUT2D eigenvalue weighted by molar-refractivity contribution is 5.86.